The van der Waals surface area contributed by atoms with Gasteiger partial charge < -0.3 is 19.1 Å². The second kappa shape index (κ2) is 15.7. The van der Waals surface area contributed by atoms with Gasteiger partial charge in [-0.1, -0.05) is 34.1 Å². The number of alkyl halides is 4. The number of aromatic nitrogens is 2. The molecule has 5 aliphatic rings. The summed E-state index contributed by atoms with van der Waals surface area (Å²) in [6, 6.07) is 3.13. The molecule has 18 heteroatoms. The zero-order chi connectivity index (χ0) is 42.8. The number of nitrogens with one attached hydrogen (secondary N) is 1. The highest BCUT2D eigenvalue weighted by molar-refractivity contribution is 7.90. The summed E-state index contributed by atoms with van der Waals surface area (Å²) < 4.78 is 106. The van der Waals surface area contributed by atoms with Crippen LogP contribution in [0, 0.1) is 34.5 Å². The number of esters is 1. The summed E-state index contributed by atoms with van der Waals surface area (Å²) in [5, 5.41) is -0.838. The van der Waals surface area contributed by atoms with Gasteiger partial charge in [0.25, 0.3) is 5.92 Å². The number of Topliss-reactive ketones (excluding diaryl/α,β-unsaturated/α-hetero) is 1. The van der Waals surface area contributed by atoms with Crippen molar-refractivity contribution in [2.45, 2.75) is 134 Å². The Hall–Kier alpha value is -4.09. The minimum atomic E-state index is -4.17. The number of benzene rings is 1. The monoisotopic (exact) mass is 852 g/mol. The summed E-state index contributed by atoms with van der Waals surface area (Å²) in [5.41, 5.74) is -3.34. The highest BCUT2D eigenvalue weighted by Gasteiger charge is 2.66. The number of hydrogen-bond donors (Lipinski definition) is 1. The number of hydrogen-bond acceptors (Lipinski definition) is 11. The normalized spacial score (nSPS) is 31.3. The lowest BCUT2D eigenvalue weighted by Crippen LogP contribution is -2.50. The summed E-state index contributed by atoms with van der Waals surface area (Å²) >= 11 is 0. The van der Waals surface area contributed by atoms with Crippen LogP contribution < -0.4 is 14.2 Å². The van der Waals surface area contributed by atoms with Crippen LogP contribution in [0.2, 0.25) is 0 Å². The summed E-state index contributed by atoms with van der Waals surface area (Å²) in [4.78, 5) is 66.7. The van der Waals surface area contributed by atoms with E-state index in [0.717, 1.165) is 0 Å². The van der Waals surface area contributed by atoms with Crippen LogP contribution >= 0.6 is 0 Å². The maximum absolute atomic E-state index is 16.3. The van der Waals surface area contributed by atoms with E-state index in [1.54, 1.807) is 33.8 Å². The molecule has 2 bridgehead atoms. The van der Waals surface area contributed by atoms with Crippen LogP contribution in [-0.2, 0) is 39.9 Å². The van der Waals surface area contributed by atoms with Crippen LogP contribution in [0.5, 0.6) is 11.6 Å². The Morgan fingerprint density at radius 2 is 1.78 bits per heavy atom. The number of methoxy groups -OCH3 is 1. The van der Waals surface area contributed by atoms with Crippen molar-refractivity contribution < 1.29 is 59.4 Å². The lowest BCUT2D eigenvalue weighted by Gasteiger charge is -2.35. The molecular weight excluding hydrogens is 801 g/mol. The average Bonchev–Trinajstić information content (AvgIpc) is 4.07. The van der Waals surface area contributed by atoms with Gasteiger partial charge in [0, 0.05) is 30.7 Å². The Morgan fingerprint density at radius 3 is 2.41 bits per heavy atom. The molecule has 1 aromatic carbocycles. The van der Waals surface area contributed by atoms with Crippen molar-refractivity contribution in [1.29, 1.82) is 0 Å². The minimum Gasteiger partial charge on any atom is -0.497 e. The average molecular weight is 853 g/mol. The van der Waals surface area contributed by atoms with Crippen molar-refractivity contribution in [3.8, 4) is 11.6 Å². The quantitative estimate of drug-likeness (QED) is 0.228. The summed E-state index contributed by atoms with van der Waals surface area (Å²) in [7, 11) is -2.74. The maximum atomic E-state index is 16.3. The van der Waals surface area contributed by atoms with Crippen LogP contribution in [0.3, 0.4) is 0 Å². The number of amides is 2. The van der Waals surface area contributed by atoms with Crippen molar-refractivity contribution in [2.24, 2.45) is 34.5 Å². The van der Waals surface area contributed by atoms with Gasteiger partial charge in [0.2, 0.25) is 34.1 Å². The fourth-order valence-corrected chi connectivity index (χ4v) is 10.3. The summed E-state index contributed by atoms with van der Waals surface area (Å²) in [6.07, 6.45) is -4.47. The maximum Gasteiger partial charge on any atom is 0.306 e. The van der Waals surface area contributed by atoms with Gasteiger partial charge in [-0.2, -0.15) is 8.78 Å². The molecule has 7 rings (SSSR count). The SMILES string of the molecule is CC[C@@H]1[C@@H]2CN(C(=O)[C@H](C(C)(C)C)CC(=O)O[C@@H]3C[C@H]3CCCCC(F)(F)c3nc4ccc(OC)cc4nc3O2)[C@@H]1C(=O)CC1(C(=O)NS(=O)(=O)C2CC2)C[C@H]1C(F)F. The van der Waals surface area contributed by atoms with E-state index in [0.29, 0.717) is 37.9 Å². The largest absolute Gasteiger partial charge is 0.497 e. The number of carbonyl (C=O) groups is 4. The molecule has 1 saturated heterocycles. The number of fused-ring (bicyclic) bond motifs is 5. The highest BCUT2D eigenvalue weighted by Crippen LogP contribution is 2.59. The Kier molecular flexibility index (Phi) is 11.5. The lowest BCUT2D eigenvalue weighted by atomic mass is 9.77. The number of rotatable bonds is 9. The molecule has 2 amide bonds. The fourth-order valence-electron chi connectivity index (χ4n) is 8.94. The van der Waals surface area contributed by atoms with Crippen LogP contribution in [0.25, 0.3) is 11.0 Å². The van der Waals surface area contributed by atoms with Crippen LogP contribution in [0.1, 0.15) is 104 Å². The van der Waals surface area contributed by atoms with Gasteiger partial charge in [-0.25, -0.2) is 27.2 Å². The van der Waals surface area contributed by atoms with E-state index in [9.17, 15) is 36.4 Å². The van der Waals surface area contributed by atoms with E-state index in [-0.39, 0.29) is 42.8 Å². The van der Waals surface area contributed by atoms with Gasteiger partial charge in [0.05, 0.1) is 53.7 Å². The van der Waals surface area contributed by atoms with E-state index in [4.69, 9.17) is 14.2 Å². The molecule has 3 saturated carbocycles. The molecule has 1 unspecified atom stereocenters. The zero-order valence-corrected chi connectivity index (χ0v) is 34.7. The van der Waals surface area contributed by atoms with Crippen molar-refractivity contribution in [2.75, 3.05) is 13.7 Å². The van der Waals surface area contributed by atoms with Crippen molar-refractivity contribution in [3.05, 3.63) is 23.9 Å². The van der Waals surface area contributed by atoms with Gasteiger partial charge in [0.1, 0.15) is 18.0 Å². The first-order valence-corrected chi connectivity index (χ1v) is 22.0. The number of halogens is 4. The molecule has 324 valence electrons. The molecule has 2 aliphatic heterocycles. The first kappa shape index (κ1) is 43.0. The molecule has 2 aromatic rings. The van der Waals surface area contributed by atoms with Gasteiger partial charge in [0.15, 0.2) is 11.5 Å². The van der Waals surface area contributed by atoms with E-state index >= 15 is 8.78 Å². The first-order chi connectivity index (χ1) is 27.7. The van der Waals surface area contributed by atoms with Gasteiger partial charge in [-0.05, 0) is 68.4 Å². The minimum absolute atomic E-state index is 0.0143. The van der Waals surface area contributed by atoms with Gasteiger partial charge >= 0.3 is 5.97 Å². The lowest BCUT2D eigenvalue weighted by molar-refractivity contribution is -0.154. The van der Waals surface area contributed by atoms with Crippen LogP contribution in [0.15, 0.2) is 18.2 Å². The predicted octanol–water partition coefficient (Wildman–Crippen LogP) is 6.11. The smallest absolute Gasteiger partial charge is 0.306 e. The second-order valence-electron chi connectivity index (χ2n) is 18.1. The number of ketones is 1. The van der Waals surface area contributed by atoms with Gasteiger partial charge in [-0.3, -0.25) is 23.9 Å². The van der Waals surface area contributed by atoms with Gasteiger partial charge in [-0.15, -0.1) is 0 Å². The third kappa shape index (κ3) is 8.74. The van der Waals surface area contributed by atoms with E-state index in [1.165, 1.54) is 24.1 Å². The number of carbonyl (C=O) groups excluding carboxylic acids is 4. The topological polar surface area (TPSA) is 171 Å². The third-order valence-electron chi connectivity index (χ3n) is 12.9. The molecule has 1 N–H and O–H groups in total. The Balaban J connectivity index is 1.30. The zero-order valence-electron chi connectivity index (χ0n) is 33.8. The fraction of sp³-hybridized carbons (Fsp3) is 0.707. The molecule has 13 nitrogen and oxygen atoms in total. The number of sulfonamides is 1. The Labute approximate surface area is 340 Å². The van der Waals surface area contributed by atoms with Crippen LogP contribution in [-0.4, -0.2) is 90.4 Å². The second-order valence-corrected chi connectivity index (χ2v) is 20.1. The summed E-state index contributed by atoms with van der Waals surface area (Å²) in [5.74, 6) is -10.6. The Morgan fingerprint density at radius 1 is 1.05 bits per heavy atom. The number of ether oxygens (including phenoxy) is 3. The first-order valence-electron chi connectivity index (χ1n) is 20.5. The number of nitrogens with zero attached hydrogens (tertiary/aromatic N) is 3. The molecule has 8 atom stereocenters. The van der Waals surface area contributed by atoms with E-state index in [2.05, 4.69) is 9.97 Å². The third-order valence-corrected chi connectivity index (χ3v) is 14.7. The van der Waals surface area contributed by atoms with Crippen molar-refractivity contribution in [3.63, 3.8) is 0 Å². The van der Waals surface area contributed by atoms with E-state index < -0.39 is 129 Å². The van der Waals surface area contributed by atoms with Crippen molar-refractivity contribution >= 4 is 44.6 Å². The summed E-state index contributed by atoms with van der Waals surface area (Å²) in [6.45, 7) is 6.58. The highest BCUT2D eigenvalue weighted by atomic mass is 32.2. The molecule has 3 heterocycles. The van der Waals surface area contributed by atoms with Crippen LogP contribution in [0.4, 0.5) is 17.6 Å². The molecular formula is C41H52F4N4O9S. The van der Waals surface area contributed by atoms with E-state index in [1.807, 2.05) is 4.72 Å². The molecule has 3 aliphatic carbocycles. The van der Waals surface area contributed by atoms with Crippen molar-refractivity contribution in [1.82, 2.24) is 19.6 Å². The molecule has 0 spiro atoms. The molecule has 1 aromatic heterocycles. The molecule has 59 heavy (non-hydrogen) atoms. The molecule has 4 fully saturated rings. The predicted molar refractivity (Wildman–Crippen MR) is 204 cm³/mol. The molecule has 0 radical (unpaired) electrons. The Bertz CT molecular complexity index is 2110. The standard InChI is InChI=1S/C41H52F4N4O9S/c1-6-24-31-20-49(33(24)29(50)19-40(18-26(40)35(42)43)38(53)48-59(54,55)23-11-12-23)37(52)25(39(2,3)4)17-32(51)57-30-15-21(30)9-7-8-14-41(44,45)34-36(58-31)47-28-16-22(56-5)10-13-27(28)46-34/h10,13,16,21,23-26,30-31,33,35H,6-9,11-12,14-15,17-20H2,1-5H3,(H,48,53)/t21-,24-,25-,26+,30-,31+,33+,40?/m1/s1.